The van der Waals surface area contributed by atoms with E-state index in [0.29, 0.717) is 0 Å². The second-order valence-electron chi connectivity index (χ2n) is 23.9. The first kappa shape index (κ1) is 69.0. The highest BCUT2D eigenvalue weighted by Crippen LogP contribution is 2.36. The molecule has 36 heteroatoms. The van der Waals surface area contributed by atoms with Gasteiger partial charge in [-0.15, -0.1) is 38.2 Å². The molecule has 13 aromatic rings. The Bertz CT molecular complexity index is 5600. The molecule has 13 rings (SSSR count). The molecular weight excluding hydrogens is 1110 g/mol. The molecule has 0 N–H and O–H groups in total. The van der Waals surface area contributed by atoms with Crippen LogP contribution in [0.1, 0.15) is 0 Å². The maximum atomic E-state index is 7.68. The fourth-order valence-corrected chi connectivity index (χ4v) is 14.5. The second kappa shape index (κ2) is 23.0. The summed E-state index contributed by atoms with van der Waals surface area (Å²) in [4.78, 5) is 0. The first-order chi connectivity index (χ1) is 44.8. The van der Waals surface area contributed by atoms with Crippen LogP contribution < -0.4 is 197 Å². The number of hydrogen-bond donors (Lipinski definition) is 0. The van der Waals surface area contributed by atoms with Crippen LogP contribution in [0.5, 0.6) is 0 Å². The molecule has 72 radical (unpaired) electrons. The van der Waals surface area contributed by atoms with Crippen LogP contribution in [0.2, 0.25) is 0 Å². The third-order valence-corrected chi connectivity index (χ3v) is 19.4. The lowest BCUT2D eigenvalue weighted by Gasteiger charge is -2.35. The Morgan fingerprint density at radius 3 is 0.406 bits per heavy atom. The fourth-order valence-electron chi connectivity index (χ4n) is 14.5. The number of rotatable bonds is 5. The van der Waals surface area contributed by atoms with E-state index in [2.05, 4.69) is 0 Å². The maximum absolute atomic E-state index is 7.68. The molecule has 0 saturated heterocycles. The molecule has 0 atom stereocenters. The van der Waals surface area contributed by atoms with Crippen molar-refractivity contribution in [3.63, 3.8) is 0 Å². The highest BCUT2D eigenvalue weighted by atomic mass is 14.3. The first-order valence-electron chi connectivity index (χ1n) is 28.4. The van der Waals surface area contributed by atoms with E-state index < -0.39 is 16.4 Å². The monoisotopic (exact) mass is 1120 g/mol. The standard InChI is InChI=1S/C60B36/c61-25-17(9-10-20(50(86)54(90)34(9)70)51(87)60(96)59(95)35(10)71)26(62)22(24-28(64)19(49(85)58(94)53(24)89)8-6-2-4-14(39(75)31(6)67)45(81)56(92)47(83)16(4)43(79)41(77)12(2)37(73)33(8)69)29(65)21(25)23-27(63)18(48(84)57(93)52(23)88)7-5-1-3-13(38(74)30(5)66)44(80)55(91)46(82)15(3)42(78)40(76)11(1)36(72)32(7)68. The first-order valence-corrected chi connectivity index (χ1v) is 28.4. The quantitative estimate of drug-likeness (QED) is 0.119. The zero-order valence-electron chi connectivity index (χ0n) is 50.8. The van der Waals surface area contributed by atoms with Gasteiger partial charge in [0.2, 0.25) is 0 Å². The van der Waals surface area contributed by atoms with Crippen LogP contribution in [0, 0.1) is 0 Å². The Kier molecular flexibility index (Phi) is 16.6. The Labute approximate surface area is 605 Å². The van der Waals surface area contributed by atoms with Gasteiger partial charge in [-0.1, -0.05) is 158 Å². The van der Waals surface area contributed by atoms with Gasteiger partial charge in [-0.05, 0) is 131 Å². The van der Waals surface area contributed by atoms with Gasteiger partial charge >= 0.3 is 0 Å². The largest absolute Gasteiger partial charge is 0.115 e. The van der Waals surface area contributed by atoms with Crippen molar-refractivity contribution < 1.29 is 0 Å². The lowest BCUT2D eigenvalue weighted by Crippen LogP contribution is -2.53. The maximum Gasteiger partial charge on any atom is 0.115 e. The molecular formula is C60B36. The van der Waals surface area contributed by atoms with Crippen LogP contribution in [0.25, 0.3) is 131 Å². The van der Waals surface area contributed by atoms with E-state index in [1.165, 1.54) is 0 Å². The average molecular weight is 1110 g/mol. The zero-order chi connectivity index (χ0) is 70.6. The van der Waals surface area contributed by atoms with E-state index in [-0.39, 0.29) is 311 Å². The van der Waals surface area contributed by atoms with Crippen LogP contribution in [0.4, 0.5) is 0 Å². The van der Waals surface area contributed by atoms with Crippen molar-refractivity contribution >= 4 is 555 Å². The van der Waals surface area contributed by atoms with Gasteiger partial charge in [0.25, 0.3) is 0 Å². The molecule has 0 unspecified atom stereocenters. The summed E-state index contributed by atoms with van der Waals surface area (Å²) in [6.07, 6.45) is 0. The van der Waals surface area contributed by atoms with Crippen LogP contribution >= 0.6 is 0 Å². The van der Waals surface area contributed by atoms with Gasteiger partial charge < -0.3 is 0 Å². The van der Waals surface area contributed by atoms with Crippen molar-refractivity contribution in [2.75, 3.05) is 0 Å². The summed E-state index contributed by atoms with van der Waals surface area (Å²) < 4.78 is 0. The van der Waals surface area contributed by atoms with E-state index >= 15 is 0 Å². The predicted octanol–water partition coefficient (Wildman–Crippen LogP) is -26.5. The number of fused-ring (bicyclic) bond motifs is 1. The molecule has 348 valence electrons. The molecule has 0 spiro atoms. The normalized spacial score (nSPS) is 12.0. The van der Waals surface area contributed by atoms with Crippen molar-refractivity contribution in [2.45, 2.75) is 0 Å². The summed E-state index contributed by atoms with van der Waals surface area (Å²) in [7, 11) is 252. The Morgan fingerprint density at radius 1 is 0.0625 bits per heavy atom. The molecule has 0 bridgehead atoms. The van der Waals surface area contributed by atoms with Crippen LogP contribution in [-0.4, -0.2) is 282 Å². The van der Waals surface area contributed by atoms with Gasteiger partial charge in [-0.2, -0.15) is 0 Å². The van der Waals surface area contributed by atoms with Gasteiger partial charge in [-0.25, -0.2) is 0 Å². The summed E-state index contributed by atoms with van der Waals surface area (Å²) in [5.41, 5.74) is -9.87. The smallest absolute Gasteiger partial charge is 0.110 e. The molecule has 0 saturated carbocycles. The molecule has 0 nitrogen and oxygen atoms in total. The predicted molar refractivity (Wildman–Crippen MR) is 453 cm³/mol. The minimum Gasteiger partial charge on any atom is -0.110 e. The van der Waals surface area contributed by atoms with E-state index in [0.717, 1.165) is 0 Å². The highest BCUT2D eigenvalue weighted by molar-refractivity contribution is 6.81. The molecule has 0 aliphatic carbocycles. The Balaban J connectivity index is 1.25. The minimum atomic E-state index is -0.435. The topological polar surface area (TPSA) is 0 Å². The van der Waals surface area contributed by atoms with Gasteiger partial charge in [0.05, 0.1) is 0 Å². The SMILES string of the molecule is [B]c1c([B])c(-c2c([B])c(-c3c([B])c([B])c([B])c(-c4c([B])c([B])c5c([B])c([B])c6c([B])c([B])c([B])c7c([B])c([B])c4c5c67)c3[B])c([B])c(-c3c([B])c([B])c([B])c4c([B])c([B])c([B])c([B])c34)c2[B])c([B])c(-c2c([B])c([B])c3c([B])c([B])c4c([B])c([B])c([B])c5c([B])c([B])c2c3c45)c1[B]. The molecule has 0 heterocycles. The van der Waals surface area contributed by atoms with Crippen molar-refractivity contribution in [1.82, 2.24) is 0 Å². The van der Waals surface area contributed by atoms with E-state index in [1.807, 2.05) is 0 Å². The molecule has 0 fully saturated rings. The number of benzene rings is 13. The summed E-state index contributed by atoms with van der Waals surface area (Å²) in [5, 5.41) is 1.61. The third kappa shape index (κ3) is 8.50. The molecule has 96 heavy (non-hydrogen) atoms. The van der Waals surface area contributed by atoms with Crippen molar-refractivity contribution in [1.29, 1.82) is 0 Å². The summed E-state index contributed by atoms with van der Waals surface area (Å²) in [6, 6.07) is 0. The second-order valence-corrected chi connectivity index (χ2v) is 23.9. The Hall–Kier alpha value is -5.46. The molecule has 0 aliphatic heterocycles. The van der Waals surface area contributed by atoms with Crippen LogP contribution in [0.15, 0.2) is 0 Å². The van der Waals surface area contributed by atoms with Crippen LogP contribution in [-0.2, 0) is 0 Å². The third-order valence-electron chi connectivity index (χ3n) is 19.4. The summed E-state index contributed by atoms with van der Waals surface area (Å²) in [6.45, 7) is 0. The minimum absolute atomic E-state index is 0.0402. The molecule has 0 amide bonds. The Morgan fingerprint density at radius 2 is 0.156 bits per heavy atom. The van der Waals surface area contributed by atoms with Gasteiger partial charge in [0, 0.05) is 0 Å². The van der Waals surface area contributed by atoms with Gasteiger partial charge in [-0.3, -0.25) is 0 Å². The van der Waals surface area contributed by atoms with E-state index in [4.69, 9.17) is 282 Å². The molecule has 0 aliphatic rings. The molecule has 0 aromatic heterocycles. The van der Waals surface area contributed by atoms with Crippen molar-refractivity contribution in [3.8, 4) is 55.6 Å². The van der Waals surface area contributed by atoms with Gasteiger partial charge in [0.15, 0.2) is 0 Å². The lowest BCUT2D eigenvalue weighted by atomic mass is 9.53. The molecule has 13 aromatic carbocycles. The van der Waals surface area contributed by atoms with Crippen LogP contribution in [0.3, 0.4) is 0 Å². The average Bonchev–Trinajstić information content (AvgIpc) is 0.690. The van der Waals surface area contributed by atoms with E-state index in [1.54, 1.807) is 0 Å². The lowest BCUT2D eigenvalue weighted by molar-refractivity contribution is 1.76. The number of hydrogen-bond acceptors (Lipinski definition) is 0. The zero-order valence-corrected chi connectivity index (χ0v) is 50.8. The highest BCUT2D eigenvalue weighted by Gasteiger charge is 2.33. The van der Waals surface area contributed by atoms with Crippen molar-refractivity contribution in [3.05, 3.63) is 0 Å². The summed E-state index contributed by atoms with van der Waals surface area (Å²) in [5.74, 6) is 0. The van der Waals surface area contributed by atoms with Gasteiger partial charge in [0.1, 0.15) is 282 Å². The van der Waals surface area contributed by atoms with Crippen molar-refractivity contribution in [2.24, 2.45) is 0 Å². The fraction of sp³-hybridized carbons (Fsp3) is 0. The van der Waals surface area contributed by atoms with E-state index in [9.17, 15) is 0 Å². The summed E-state index contributed by atoms with van der Waals surface area (Å²) >= 11 is 0.